The van der Waals surface area contributed by atoms with Crippen LogP contribution in [0.1, 0.15) is 84.3 Å². The molecular weight excluding hydrogens is 408 g/mol. The van der Waals surface area contributed by atoms with Crippen LogP contribution in [0, 0.1) is 5.92 Å². The highest BCUT2D eigenvalue weighted by Gasteiger charge is 2.25. The number of benzene rings is 1. The van der Waals surface area contributed by atoms with Gasteiger partial charge in [0.15, 0.2) is 0 Å². The van der Waals surface area contributed by atoms with Gasteiger partial charge in [-0.15, -0.1) is 0 Å². The molecule has 1 saturated carbocycles. The smallest absolute Gasteiger partial charge is 0.128 e. The summed E-state index contributed by atoms with van der Waals surface area (Å²) in [6, 6.07) is 6.00. The quantitative estimate of drug-likeness (QED) is 0.451. The molecule has 33 heavy (non-hydrogen) atoms. The number of nitrogens with zero attached hydrogens (tertiary/aromatic N) is 2. The van der Waals surface area contributed by atoms with Gasteiger partial charge < -0.3 is 10.2 Å². The minimum Gasteiger partial charge on any atom is -0.507 e. The zero-order chi connectivity index (χ0) is 24.2. The molecule has 2 aliphatic rings. The molecule has 4 heteroatoms. The maximum Gasteiger partial charge on any atom is 0.128 e. The van der Waals surface area contributed by atoms with E-state index in [1.54, 1.807) is 0 Å². The van der Waals surface area contributed by atoms with Crippen molar-refractivity contribution in [3.63, 3.8) is 0 Å². The summed E-state index contributed by atoms with van der Waals surface area (Å²) in [7, 11) is 0. The van der Waals surface area contributed by atoms with E-state index in [0.717, 1.165) is 66.4 Å². The highest BCUT2D eigenvalue weighted by atomic mass is 16.3. The Morgan fingerprint density at radius 2 is 1.70 bits per heavy atom. The van der Waals surface area contributed by atoms with E-state index in [1.165, 1.54) is 0 Å². The average molecular weight is 449 g/mol. The van der Waals surface area contributed by atoms with Crippen LogP contribution < -0.4 is 0 Å². The van der Waals surface area contributed by atoms with Gasteiger partial charge in [-0.1, -0.05) is 71.7 Å². The summed E-state index contributed by atoms with van der Waals surface area (Å²) < 4.78 is 0. The molecule has 3 rings (SSSR count). The van der Waals surface area contributed by atoms with Gasteiger partial charge >= 0.3 is 0 Å². The van der Waals surface area contributed by atoms with E-state index in [2.05, 4.69) is 41.2 Å². The molecule has 2 N–H and O–H groups in total. The van der Waals surface area contributed by atoms with Crippen LogP contribution in [0.5, 0.6) is 5.75 Å². The lowest BCUT2D eigenvalue weighted by atomic mass is 9.85. The van der Waals surface area contributed by atoms with Crippen LogP contribution in [0.2, 0.25) is 0 Å². The number of aliphatic hydroxyl groups excluding tert-OH is 1. The molecule has 4 nitrogen and oxygen atoms in total. The molecule has 0 bridgehead atoms. The largest absolute Gasteiger partial charge is 0.507 e. The van der Waals surface area contributed by atoms with E-state index < -0.39 is 0 Å². The Balaban J connectivity index is 1.80. The lowest BCUT2D eigenvalue weighted by molar-refractivity contribution is 0.389. The van der Waals surface area contributed by atoms with Gasteiger partial charge in [0.05, 0.1) is 12.1 Å². The predicted molar refractivity (Wildman–Crippen MR) is 140 cm³/mol. The molecule has 178 valence electrons. The van der Waals surface area contributed by atoms with Crippen molar-refractivity contribution in [2.75, 3.05) is 0 Å². The molecule has 0 radical (unpaired) electrons. The second-order valence-corrected chi connectivity index (χ2v) is 11.0. The number of hydrogen-bond donors (Lipinski definition) is 2. The number of aliphatic imine (C=N–C) groups is 2. The Bertz CT molecular complexity index is 989. The van der Waals surface area contributed by atoms with Crippen LogP contribution in [0.3, 0.4) is 0 Å². The van der Waals surface area contributed by atoms with Gasteiger partial charge in [-0.2, -0.15) is 0 Å². The molecule has 1 aromatic rings. The Labute approximate surface area is 199 Å². The third kappa shape index (κ3) is 6.46. The SMILES string of the molecule is C=C1C=C(C=N[C@@H]2CCCC[C@H]2N=Cc2cccc(C(C)(C)C)c2O)C(O)=C(CC(C)C)C1. The molecule has 2 aliphatic carbocycles. The van der Waals surface area contributed by atoms with Gasteiger partial charge in [0.2, 0.25) is 0 Å². The van der Waals surface area contributed by atoms with Gasteiger partial charge in [0.25, 0.3) is 0 Å². The molecule has 1 fully saturated rings. The van der Waals surface area contributed by atoms with Crippen LogP contribution in [0.4, 0.5) is 0 Å². The topological polar surface area (TPSA) is 65.2 Å². The van der Waals surface area contributed by atoms with E-state index in [0.29, 0.717) is 17.4 Å². The van der Waals surface area contributed by atoms with E-state index >= 15 is 0 Å². The minimum atomic E-state index is -0.132. The molecule has 1 aromatic carbocycles. The summed E-state index contributed by atoms with van der Waals surface area (Å²) in [5, 5.41) is 21.6. The fourth-order valence-corrected chi connectivity index (χ4v) is 4.72. The van der Waals surface area contributed by atoms with Crippen LogP contribution >= 0.6 is 0 Å². The van der Waals surface area contributed by atoms with Crippen LogP contribution in [-0.4, -0.2) is 34.7 Å². The number of phenols is 1. The number of phenolic OH excluding ortho intramolecular Hbond substituents is 1. The van der Waals surface area contributed by atoms with Crippen LogP contribution in [0.25, 0.3) is 0 Å². The van der Waals surface area contributed by atoms with E-state index in [9.17, 15) is 10.2 Å². The Morgan fingerprint density at radius 3 is 2.30 bits per heavy atom. The normalized spacial score (nSPS) is 22.6. The third-order valence-corrected chi connectivity index (χ3v) is 6.44. The van der Waals surface area contributed by atoms with Gasteiger partial charge in [-0.3, -0.25) is 9.98 Å². The maximum atomic E-state index is 10.8. The molecule has 0 amide bonds. The van der Waals surface area contributed by atoms with Crippen molar-refractivity contribution in [1.82, 2.24) is 0 Å². The zero-order valence-corrected chi connectivity index (χ0v) is 20.9. The van der Waals surface area contributed by atoms with Crippen LogP contribution in [0.15, 0.2) is 63.3 Å². The first-order valence-corrected chi connectivity index (χ1v) is 12.3. The summed E-state index contributed by atoms with van der Waals surface area (Å²) in [4.78, 5) is 9.73. The molecule has 0 heterocycles. The van der Waals surface area contributed by atoms with Gasteiger partial charge in [0.1, 0.15) is 11.5 Å². The second kappa shape index (κ2) is 10.5. The van der Waals surface area contributed by atoms with E-state index in [4.69, 9.17) is 9.98 Å². The van der Waals surface area contributed by atoms with Gasteiger partial charge in [0, 0.05) is 23.6 Å². The average Bonchev–Trinajstić information content (AvgIpc) is 2.73. The first-order chi connectivity index (χ1) is 15.6. The maximum absolute atomic E-state index is 10.8. The summed E-state index contributed by atoms with van der Waals surface area (Å²) >= 11 is 0. The van der Waals surface area contributed by atoms with Crippen molar-refractivity contribution < 1.29 is 10.2 Å². The molecule has 0 saturated heterocycles. The highest BCUT2D eigenvalue weighted by Crippen LogP contribution is 2.33. The van der Waals surface area contributed by atoms with Crippen molar-refractivity contribution >= 4 is 12.4 Å². The fourth-order valence-electron chi connectivity index (χ4n) is 4.72. The molecule has 0 spiro atoms. The predicted octanol–water partition coefficient (Wildman–Crippen LogP) is 7.24. The Morgan fingerprint density at radius 1 is 1.06 bits per heavy atom. The second-order valence-electron chi connectivity index (χ2n) is 11.0. The number of aliphatic hydroxyl groups is 1. The van der Waals surface area contributed by atoms with E-state index in [-0.39, 0.29) is 17.5 Å². The van der Waals surface area contributed by atoms with Crippen LogP contribution in [-0.2, 0) is 5.41 Å². The van der Waals surface area contributed by atoms with Crippen molar-refractivity contribution in [1.29, 1.82) is 0 Å². The number of allylic oxidation sites excluding steroid dienone is 4. The molecule has 2 atom stereocenters. The van der Waals surface area contributed by atoms with Gasteiger partial charge in [-0.25, -0.2) is 0 Å². The number of rotatable bonds is 6. The highest BCUT2D eigenvalue weighted by molar-refractivity contribution is 5.86. The number of para-hydroxylation sites is 1. The Kier molecular flexibility index (Phi) is 7.99. The molecule has 0 aliphatic heterocycles. The lowest BCUT2D eigenvalue weighted by Gasteiger charge is -2.26. The summed E-state index contributed by atoms with van der Waals surface area (Å²) in [6.07, 6.45) is 11.4. The molecule has 0 aromatic heterocycles. The van der Waals surface area contributed by atoms with Crippen molar-refractivity contribution in [2.45, 2.75) is 90.6 Å². The fraction of sp³-hybridized carbons (Fsp3) is 0.517. The summed E-state index contributed by atoms with van der Waals surface area (Å²) in [5.74, 6) is 1.15. The van der Waals surface area contributed by atoms with Crippen molar-refractivity contribution in [3.05, 3.63) is 64.5 Å². The first kappa shape index (κ1) is 25.0. The summed E-state index contributed by atoms with van der Waals surface area (Å²) in [6.45, 7) is 14.7. The lowest BCUT2D eigenvalue weighted by Crippen LogP contribution is -2.27. The standard InChI is InChI=1S/C29H40N2O2/c1-19(2)14-22-15-20(3)16-23(27(22)32)18-31-26-13-8-7-12-25(26)30-17-21-10-9-11-24(28(21)33)29(4,5)6/h9-11,16-19,25-26,32-33H,3,7-8,12-15H2,1-2,4-6H3/t25-,26-/m1/s1. The Hall–Kier alpha value is -2.62. The third-order valence-electron chi connectivity index (χ3n) is 6.44. The monoisotopic (exact) mass is 448 g/mol. The van der Waals surface area contributed by atoms with Gasteiger partial charge in [-0.05, 0) is 60.3 Å². The number of hydrogen-bond acceptors (Lipinski definition) is 4. The first-order valence-electron chi connectivity index (χ1n) is 12.3. The number of aromatic hydroxyl groups is 1. The summed E-state index contributed by atoms with van der Waals surface area (Å²) in [5.41, 5.74) is 4.36. The van der Waals surface area contributed by atoms with Crippen molar-refractivity contribution in [2.24, 2.45) is 15.9 Å². The molecular formula is C29H40N2O2. The molecule has 0 unspecified atom stereocenters. The van der Waals surface area contributed by atoms with E-state index in [1.807, 2.05) is 36.7 Å². The minimum absolute atomic E-state index is 0.0698. The zero-order valence-electron chi connectivity index (χ0n) is 20.9. The van der Waals surface area contributed by atoms with Crippen molar-refractivity contribution in [3.8, 4) is 5.75 Å².